The Morgan fingerprint density at radius 2 is 1.82 bits per heavy atom. The van der Waals surface area contributed by atoms with E-state index in [-0.39, 0.29) is 23.1 Å². The number of piperazine rings is 1. The molecule has 0 spiro atoms. The van der Waals surface area contributed by atoms with E-state index in [0.29, 0.717) is 44.4 Å². The molecule has 4 atom stereocenters. The minimum atomic E-state index is -4.79. The van der Waals surface area contributed by atoms with Crippen molar-refractivity contribution in [3.63, 3.8) is 0 Å². The predicted molar refractivity (Wildman–Crippen MR) is 137 cm³/mol. The third kappa shape index (κ3) is 4.99. The lowest BCUT2D eigenvalue weighted by Gasteiger charge is -2.39. The van der Waals surface area contributed by atoms with E-state index >= 15 is 0 Å². The fourth-order valence-corrected chi connectivity index (χ4v) is 6.53. The summed E-state index contributed by atoms with van der Waals surface area (Å²) >= 11 is 0. The molecule has 1 aromatic carbocycles. The summed E-state index contributed by atoms with van der Waals surface area (Å²) in [5, 5.41) is 3.47. The summed E-state index contributed by atoms with van der Waals surface area (Å²) in [6.45, 7) is 10.5. The van der Waals surface area contributed by atoms with Crippen molar-refractivity contribution in [3.05, 3.63) is 52.7 Å². The smallest absolute Gasteiger partial charge is 0.353 e. The standard InChI is InChI=1S/C28H35F4N5O/c1-16-13-17(2)24-22(16)25(34-15-33-24)36-9-11-37(12-10-36)26(38)23(21-7-8-27(3,4)35-21)18-5-6-19(20(29)14-18)28(30,31)32/h5-6,14-17,21,23,35H,7-13H2,1-4H3/t16-,17?,21+,23+/m1/s1. The van der Waals surface area contributed by atoms with Gasteiger partial charge in [-0.1, -0.05) is 19.9 Å². The van der Waals surface area contributed by atoms with Gasteiger partial charge < -0.3 is 15.1 Å². The number of aromatic nitrogens is 2. The van der Waals surface area contributed by atoms with Gasteiger partial charge in [-0.25, -0.2) is 14.4 Å². The third-order valence-corrected chi connectivity index (χ3v) is 8.43. The summed E-state index contributed by atoms with van der Waals surface area (Å²) in [4.78, 5) is 27.0. The van der Waals surface area contributed by atoms with Crippen LogP contribution in [0.15, 0.2) is 24.5 Å². The van der Waals surface area contributed by atoms with Gasteiger partial charge in [0.2, 0.25) is 5.91 Å². The normalized spacial score (nSPS) is 25.9. The molecule has 2 fully saturated rings. The maximum Gasteiger partial charge on any atom is 0.419 e. The third-order valence-electron chi connectivity index (χ3n) is 8.43. The summed E-state index contributed by atoms with van der Waals surface area (Å²) in [6, 6.07) is 2.60. The van der Waals surface area contributed by atoms with Crippen LogP contribution in [0, 0.1) is 5.82 Å². The number of anilines is 1. The molecular formula is C28H35F4N5O. The van der Waals surface area contributed by atoms with Crippen LogP contribution in [0.3, 0.4) is 0 Å². The maximum absolute atomic E-state index is 14.6. The highest BCUT2D eigenvalue weighted by Gasteiger charge is 2.42. The first kappa shape index (κ1) is 26.8. The van der Waals surface area contributed by atoms with Crippen LogP contribution in [-0.4, -0.2) is 58.5 Å². The molecule has 1 aromatic heterocycles. The number of nitrogens with zero attached hydrogens (tertiary/aromatic N) is 4. The second-order valence-corrected chi connectivity index (χ2v) is 11.7. The monoisotopic (exact) mass is 533 g/mol. The van der Waals surface area contributed by atoms with Crippen LogP contribution >= 0.6 is 0 Å². The van der Waals surface area contributed by atoms with E-state index in [0.717, 1.165) is 36.5 Å². The molecule has 1 unspecified atom stereocenters. The summed E-state index contributed by atoms with van der Waals surface area (Å²) in [6.07, 6.45) is -0.649. The van der Waals surface area contributed by atoms with Gasteiger partial charge in [0.15, 0.2) is 0 Å². The zero-order valence-corrected chi connectivity index (χ0v) is 22.3. The number of hydrogen-bond acceptors (Lipinski definition) is 5. The first-order valence-corrected chi connectivity index (χ1v) is 13.4. The van der Waals surface area contributed by atoms with Crippen molar-refractivity contribution < 1.29 is 22.4 Å². The zero-order valence-electron chi connectivity index (χ0n) is 22.3. The molecule has 2 aliphatic heterocycles. The average Bonchev–Trinajstić information content (AvgIpc) is 3.36. The van der Waals surface area contributed by atoms with Gasteiger partial charge in [-0.15, -0.1) is 0 Å². The van der Waals surface area contributed by atoms with Gasteiger partial charge in [0.1, 0.15) is 18.0 Å². The number of benzene rings is 1. The number of fused-ring (bicyclic) bond motifs is 1. The molecule has 1 amide bonds. The zero-order chi connectivity index (χ0) is 27.4. The summed E-state index contributed by atoms with van der Waals surface area (Å²) < 4.78 is 54.2. The molecule has 1 aliphatic carbocycles. The fraction of sp³-hybridized carbons (Fsp3) is 0.607. The molecule has 3 aliphatic rings. The fourth-order valence-electron chi connectivity index (χ4n) is 6.53. The quantitative estimate of drug-likeness (QED) is 0.547. The van der Waals surface area contributed by atoms with E-state index in [1.165, 1.54) is 11.6 Å². The van der Waals surface area contributed by atoms with Gasteiger partial charge >= 0.3 is 6.18 Å². The van der Waals surface area contributed by atoms with Crippen LogP contribution in [0.1, 0.15) is 87.1 Å². The number of carbonyl (C=O) groups is 1. The summed E-state index contributed by atoms with van der Waals surface area (Å²) in [5.41, 5.74) is 1.03. The summed E-state index contributed by atoms with van der Waals surface area (Å²) in [7, 11) is 0. The van der Waals surface area contributed by atoms with Crippen LogP contribution < -0.4 is 10.2 Å². The van der Waals surface area contributed by atoms with Gasteiger partial charge in [0.05, 0.1) is 17.2 Å². The lowest BCUT2D eigenvalue weighted by molar-refractivity contribution is -0.140. The van der Waals surface area contributed by atoms with E-state index in [1.54, 1.807) is 11.2 Å². The molecule has 6 nitrogen and oxygen atoms in total. The van der Waals surface area contributed by atoms with E-state index < -0.39 is 23.5 Å². The molecule has 5 rings (SSSR count). The Hall–Kier alpha value is -2.75. The van der Waals surface area contributed by atoms with E-state index in [1.807, 2.05) is 13.8 Å². The van der Waals surface area contributed by atoms with Crippen LogP contribution in [0.4, 0.5) is 23.4 Å². The maximum atomic E-state index is 14.6. The van der Waals surface area contributed by atoms with Gasteiger partial charge in [-0.2, -0.15) is 13.2 Å². The molecule has 3 heterocycles. The number of alkyl halides is 3. The minimum absolute atomic E-state index is 0.186. The highest BCUT2D eigenvalue weighted by atomic mass is 19.4. The van der Waals surface area contributed by atoms with Gasteiger partial charge in [-0.05, 0) is 62.6 Å². The SMILES string of the molecule is CC1C[C@@H](C)c2c1ncnc2N1CCN(C(=O)[C@@H](c2ccc(C(F)(F)F)c(F)c2)[C@@H]2CCC(C)(C)N2)CC1. The number of halogens is 4. The Morgan fingerprint density at radius 3 is 2.42 bits per heavy atom. The Bertz CT molecular complexity index is 1210. The number of hydrogen-bond donors (Lipinski definition) is 1. The van der Waals surface area contributed by atoms with Crippen LogP contribution in [0.5, 0.6) is 0 Å². The van der Waals surface area contributed by atoms with Gasteiger partial charge in [0.25, 0.3) is 0 Å². The highest BCUT2D eigenvalue weighted by Crippen LogP contribution is 2.44. The van der Waals surface area contributed by atoms with E-state index in [4.69, 9.17) is 0 Å². The predicted octanol–water partition coefficient (Wildman–Crippen LogP) is 5.21. The first-order valence-electron chi connectivity index (χ1n) is 13.4. The lowest BCUT2D eigenvalue weighted by atomic mass is 9.88. The van der Waals surface area contributed by atoms with Crippen LogP contribution in [0.25, 0.3) is 0 Å². The van der Waals surface area contributed by atoms with Crippen molar-refractivity contribution in [2.45, 2.75) is 82.5 Å². The van der Waals surface area contributed by atoms with Crippen molar-refractivity contribution in [3.8, 4) is 0 Å². The van der Waals surface area contributed by atoms with Crippen molar-refractivity contribution in [1.29, 1.82) is 0 Å². The van der Waals surface area contributed by atoms with E-state index in [9.17, 15) is 22.4 Å². The molecule has 0 bridgehead atoms. The second-order valence-electron chi connectivity index (χ2n) is 11.7. The Morgan fingerprint density at radius 1 is 1.11 bits per heavy atom. The average molecular weight is 534 g/mol. The van der Waals surface area contributed by atoms with Gasteiger partial charge in [-0.3, -0.25) is 4.79 Å². The molecule has 2 saturated heterocycles. The number of rotatable bonds is 4. The number of amides is 1. The number of carbonyl (C=O) groups excluding carboxylic acids is 1. The van der Waals surface area contributed by atoms with Gasteiger partial charge in [0, 0.05) is 43.3 Å². The van der Waals surface area contributed by atoms with Crippen molar-refractivity contribution in [2.24, 2.45) is 0 Å². The lowest BCUT2D eigenvalue weighted by Crippen LogP contribution is -2.53. The molecule has 0 saturated carbocycles. The van der Waals surface area contributed by atoms with Crippen LogP contribution in [0.2, 0.25) is 0 Å². The Labute approximate surface area is 220 Å². The molecule has 10 heteroatoms. The Kier molecular flexibility index (Phi) is 6.90. The van der Waals surface area contributed by atoms with E-state index in [2.05, 4.69) is 34.0 Å². The number of nitrogens with one attached hydrogen (secondary N) is 1. The molecule has 2 aromatic rings. The Balaban J connectivity index is 1.37. The van der Waals surface area contributed by atoms with Crippen LogP contribution in [-0.2, 0) is 11.0 Å². The largest absolute Gasteiger partial charge is 0.419 e. The highest BCUT2D eigenvalue weighted by molar-refractivity contribution is 5.85. The molecular weight excluding hydrogens is 498 g/mol. The molecule has 38 heavy (non-hydrogen) atoms. The molecule has 206 valence electrons. The van der Waals surface area contributed by atoms with Crippen molar-refractivity contribution in [1.82, 2.24) is 20.2 Å². The summed E-state index contributed by atoms with van der Waals surface area (Å²) in [5.74, 6) is -0.627. The molecule has 1 N–H and O–H groups in total. The second kappa shape index (κ2) is 9.77. The first-order chi connectivity index (χ1) is 17.9. The van der Waals surface area contributed by atoms with Crippen molar-refractivity contribution >= 4 is 11.7 Å². The molecule has 0 radical (unpaired) electrons. The topological polar surface area (TPSA) is 61.4 Å². The van der Waals surface area contributed by atoms with Crippen molar-refractivity contribution in [2.75, 3.05) is 31.1 Å². The minimum Gasteiger partial charge on any atom is -0.353 e.